The number of amides is 1. The number of benzene rings is 2. The fourth-order valence-electron chi connectivity index (χ4n) is 3.70. The lowest BCUT2D eigenvalue weighted by Gasteiger charge is -2.34. The van der Waals surface area contributed by atoms with Gasteiger partial charge in [-0.2, -0.15) is 0 Å². The predicted molar refractivity (Wildman–Crippen MR) is 98.9 cm³/mol. The van der Waals surface area contributed by atoms with Gasteiger partial charge in [-0.05, 0) is 35.1 Å². The third-order valence-corrected chi connectivity index (χ3v) is 5.46. The first kappa shape index (κ1) is 17.5. The van der Waals surface area contributed by atoms with Crippen LogP contribution in [0.4, 0.5) is 0 Å². The Morgan fingerprint density at radius 2 is 2.00 bits per heavy atom. The van der Waals surface area contributed by atoms with Crippen LogP contribution in [0.5, 0.6) is 5.75 Å². The Bertz CT molecular complexity index is 771. The molecule has 0 aromatic heterocycles. The molecule has 1 saturated carbocycles. The molecule has 4 heteroatoms. The van der Waals surface area contributed by atoms with Crippen LogP contribution in [0.1, 0.15) is 43.5 Å². The van der Waals surface area contributed by atoms with Crippen LogP contribution in [0.3, 0.4) is 0 Å². The van der Waals surface area contributed by atoms with Crippen LogP contribution >= 0.6 is 0 Å². The van der Waals surface area contributed by atoms with E-state index >= 15 is 0 Å². The summed E-state index contributed by atoms with van der Waals surface area (Å²) in [7, 11) is 0. The minimum atomic E-state index is -0.129. The zero-order chi connectivity index (χ0) is 17.8. The summed E-state index contributed by atoms with van der Waals surface area (Å²) in [5.74, 6) is 1.43. The van der Waals surface area contributed by atoms with E-state index in [-0.39, 0.29) is 18.6 Å². The Morgan fingerprint density at radius 3 is 2.80 bits per heavy atom. The van der Waals surface area contributed by atoms with Gasteiger partial charge in [0.2, 0.25) is 0 Å². The maximum Gasteiger partial charge on any atom is 0.258 e. The number of rotatable bonds is 5. The van der Waals surface area contributed by atoms with Crippen LogP contribution in [0.2, 0.25) is 0 Å². The Kier molecular flexibility index (Phi) is 5.37. The van der Waals surface area contributed by atoms with Crippen LogP contribution in [0.25, 0.3) is 10.8 Å². The lowest BCUT2D eigenvalue weighted by molar-refractivity contribution is -0.124. The summed E-state index contributed by atoms with van der Waals surface area (Å²) in [6.07, 6.45) is 4.19. The van der Waals surface area contributed by atoms with Gasteiger partial charge < -0.3 is 10.1 Å². The second-order valence-electron chi connectivity index (χ2n) is 7.05. The van der Waals surface area contributed by atoms with E-state index in [0.717, 1.165) is 29.9 Å². The summed E-state index contributed by atoms with van der Waals surface area (Å²) in [4.78, 5) is 23.8. The van der Waals surface area contributed by atoms with Crippen molar-refractivity contribution in [3.63, 3.8) is 0 Å². The van der Waals surface area contributed by atoms with Gasteiger partial charge in [-0.3, -0.25) is 9.59 Å². The van der Waals surface area contributed by atoms with Crippen molar-refractivity contribution in [2.45, 2.75) is 39.2 Å². The van der Waals surface area contributed by atoms with E-state index in [1.54, 1.807) is 6.07 Å². The van der Waals surface area contributed by atoms with E-state index < -0.39 is 0 Å². The van der Waals surface area contributed by atoms with Crippen molar-refractivity contribution in [2.75, 3.05) is 6.61 Å². The zero-order valence-corrected chi connectivity index (χ0v) is 14.8. The molecule has 3 rings (SSSR count). The second-order valence-corrected chi connectivity index (χ2v) is 7.05. The molecule has 2 aromatic rings. The number of carbonyl (C=O) groups is 2. The minimum Gasteiger partial charge on any atom is -0.483 e. The summed E-state index contributed by atoms with van der Waals surface area (Å²) in [6, 6.07) is 11.5. The van der Waals surface area contributed by atoms with Crippen LogP contribution in [0, 0.1) is 11.8 Å². The molecule has 1 aliphatic carbocycles. The van der Waals surface area contributed by atoms with Crippen molar-refractivity contribution >= 4 is 23.0 Å². The fourth-order valence-corrected chi connectivity index (χ4v) is 3.70. The smallest absolute Gasteiger partial charge is 0.258 e. The number of hydrogen-bond donors (Lipinski definition) is 1. The Labute approximate surface area is 148 Å². The summed E-state index contributed by atoms with van der Waals surface area (Å²) in [5.41, 5.74) is 0.491. The van der Waals surface area contributed by atoms with Gasteiger partial charge in [0, 0.05) is 6.04 Å². The van der Waals surface area contributed by atoms with Gasteiger partial charge in [-0.25, -0.2) is 0 Å². The molecule has 1 amide bonds. The third kappa shape index (κ3) is 3.84. The molecule has 0 saturated heterocycles. The number of nitrogens with one attached hydrogen (secondary N) is 1. The van der Waals surface area contributed by atoms with Crippen molar-refractivity contribution in [2.24, 2.45) is 11.8 Å². The van der Waals surface area contributed by atoms with Crippen LogP contribution in [-0.2, 0) is 4.79 Å². The van der Waals surface area contributed by atoms with Crippen molar-refractivity contribution in [1.82, 2.24) is 5.32 Å². The van der Waals surface area contributed by atoms with E-state index in [4.69, 9.17) is 4.74 Å². The van der Waals surface area contributed by atoms with Crippen molar-refractivity contribution in [3.05, 3.63) is 42.0 Å². The summed E-state index contributed by atoms with van der Waals surface area (Å²) < 4.78 is 5.66. The highest BCUT2D eigenvalue weighted by Crippen LogP contribution is 2.29. The lowest BCUT2D eigenvalue weighted by atomic mass is 9.78. The average molecular weight is 339 g/mol. The summed E-state index contributed by atoms with van der Waals surface area (Å²) in [6.45, 7) is 4.37. The maximum atomic E-state index is 12.3. The molecule has 25 heavy (non-hydrogen) atoms. The molecule has 0 heterocycles. The van der Waals surface area contributed by atoms with E-state index in [1.165, 1.54) is 6.42 Å². The maximum absolute atomic E-state index is 12.3. The molecule has 1 aliphatic rings. The highest BCUT2D eigenvalue weighted by molar-refractivity contribution is 6.00. The van der Waals surface area contributed by atoms with Gasteiger partial charge in [0.25, 0.3) is 5.91 Å². The van der Waals surface area contributed by atoms with Gasteiger partial charge in [-0.15, -0.1) is 0 Å². The predicted octanol–water partition coefficient (Wildman–Crippen LogP) is 3.97. The fraction of sp³-hybridized carbons (Fsp3) is 0.429. The van der Waals surface area contributed by atoms with E-state index in [1.807, 2.05) is 30.3 Å². The van der Waals surface area contributed by atoms with Crippen LogP contribution in [0.15, 0.2) is 36.4 Å². The van der Waals surface area contributed by atoms with Gasteiger partial charge in [0.05, 0.1) is 5.56 Å². The molecule has 132 valence electrons. The summed E-state index contributed by atoms with van der Waals surface area (Å²) >= 11 is 0. The largest absolute Gasteiger partial charge is 0.483 e. The minimum absolute atomic E-state index is 0.0726. The van der Waals surface area contributed by atoms with Crippen LogP contribution < -0.4 is 10.1 Å². The Hall–Kier alpha value is -2.36. The quantitative estimate of drug-likeness (QED) is 0.839. The van der Waals surface area contributed by atoms with Gasteiger partial charge >= 0.3 is 0 Å². The van der Waals surface area contributed by atoms with Crippen molar-refractivity contribution in [3.8, 4) is 5.75 Å². The molecule has 1 N–H and O–H groups in total. The number of ether oxygens (including phenoxy) is 1. The first-order valence-electron chi connectivity index (χ1n) is 8.99. The highest BCUT2D eigenvalue weighted by Gasteiger charge is 2.28. The van der Waals surface area contributed by atoms with Gasteiger partial charge in [-0.1, -0.05) is 57.0 Å². The molecular weight excluding hydrogens is 314 g/mol. The number of fused-ring (bicyclic) bond motifs is 1. The summed E-state index contributed by atoms with van der Waals surface area (Å²) in [5, 5.41) is 4.91. The molecule has 2 aromatic carbocycles. The molecule has 3 atom stereocenters. The Balaban J connectivity index is 1.66. The molecule has 0 spiro atoms. The lowest BCUT2D eigenvalue weighted by Crippen LogP contribution is -2.45. The van der Waals surface area contributed by atoms with Gasteiger partial charge in [0.15, 0.2) is 12.9 Å². The number of carbonyl (C=O) groups excluding carboxylic acids is 2. The van der Waals surface area contributed by atoms with Crippen LogP contribution in [-0.4, -0.2) is 24.8 Å². The van der Waals surface area contributed by atoms with Crippen molar-refractivity contribution in [1.29, 1.82) is 0 Å². The van der Waals surface area contributed by atoms with Gasteiger partial charge in [0.1, 0.15) is 5.75 Å². The third-order valence-electron chi connectivity index (χ3n) is 5.46. The zero-order valence-electron chi connectivity index (χ0n) is 14.8. The number of aldehydes is 1. The van der Waals surface area contributed by atoms with E-state index in [2.05, 4.69) is 19.2 Å². The monoisotopic (exact) mass is 339 g/mol. The molecule has 0 bridgehead atoms. The van der Waals surface area contributed by atoms with Crippen molar-refractivity contribution < 1.29 is 14.3 Å². The average Bonchev–Trinajstić information content (AvgIpc) is 2.63. The first-order chi connectivity index (χ1) is 12.1. The topological polar surface area (TPSA) is 55.4 Å². The van der Waals surface area contributed by atoms with E-state index in [0.29, 0.717) is 23.1 Å². The highest BCUT2D eigenvalue weighted by atomic mass is 16.5. The Morgan fingerprint density at radius 1 is 1.20 bits per heavy atom. The standard InChI is InChI=1S/C21H25NO3/c1-14-6-5-9-19(15(14)2)22-21(24)13-25-20-11-10-16-7-3-4-8-17(16)18(20)12-23/h3-4,7-8,10-12,14-15,19H,5-6,9,13H2,1-2H3,(H,22,24). The SMILES string of the molecule is CC1CCCC(NC(=O)COc2ccc3ccccc3c2C=O)C1C. The second kappa shape index (κ2) is 7.68. The molecule has 1 fully saturated rings. The van der Waals surface area contributed by atoms with E-state index in [9.17, 15) is 9.59 Å². The molecule has 4 nitrogen and oxygen atoms in total. The molecule has 3 unspecified atom stereocenters. The molecule has 0 radical (unpaired) electrons. The molecule has 0 aliphatic heterocycles. The molecular formula is C21H25NO3. The number of hydrogen-bond acceptors (Lipinski definition) is 3. The first-order valence-corrected chi connectivity index (χ1v) is 8.99. The normalized spacial score (nSPS) is 23.2.